The Kier molecular flexibility index (Phi) is 6.75. The zero-order valence-corrected chi connectivity index (χ0v) is 19.9. The molecule has 34 heavy (non-hydrogen) atoms. The van der Waals surface area contributed by atoms with Gasteiger partial charge in [0.15, 0.2) is 17.4 Å². The van der Waals surface area contributed by atoms with E-state index in [1.807, 2.05) is 62.4 Å². The van der Waals surface area contributed by atoms with Crippen molar-refractivity contribution < 1.29 is 18.8 Å². The van der Waals surface area contributed by atoms with Gasteiger partial charge in [-0.05, 0) is 44.2 Å². The summed E-state index contributed by atoms with van der Waals surface area (Å²) in [7, 11) is 1.58. The highest BCUT2D eigenvalue weighted by Crippen LogP contribution is 2.30. The number of halogens is 1. The third-order valence-corrected chi connectivity index (χ3v) is 5.84. The Morgan fingerprint density at radius 3 is 2.38 bits per heavy atom. The third kappa shape index (κ3) is 4.43. The smallest absolute Gasteiger partial charge is 0.288 e. The van der Waals surface area contributed by atoms with Gasteiger partial charge in [-0.15, -0.1) is 0 Å². The monoisotopic (exact) mass is 474 g/mol. The number of ether oxygens (including phenoxy) is 1. The molecule has 4 rings (SSSR count). The van der Waals surface area contributed by atoms with Gasteiger partial charge in [0.2, 0.25) is 5.76 Å². The van der Waals surface area contributed by atoms with Crippen LogP contribution in [-0.4, -0.2) is 21.8 Å². The maximum absolute atomic E-state index is 14.6. The first-order valence-electron chi connectivity index (χ1n) is 10.7. The highest BCUT2D eigenvalue weighted by molar-refractivity contribution is 7.81. The number of rotatable bonds is 6. The molecule has 0 spiro atoms. The lowest BCUT2D eigenvalue weighted by atomic mass is 10.1. The van der Waals surface area contributed by atoms with Crippen molar-refractivity contribution in [1.82, 2.24) is 4.57 Å². The number of aromatic nitrogens is 2. The number of anilines is 1. The minimum atomic E-state index is -0.342. The Morgan fingerprint density at radius 2 is 1.68 bits per heavy atom. The normalized spacial score (nSPS) is 11.6. The standard InChI is InChI=1S/C27H24FN3O2S/c1-18-17-20(19(2)31(18)23-13-7-5-11-21(23)28)26(32)25(30-15-9-4-10-16-30)27(34)29-22-12-6-8-14-24(22)33-3/h4-17H,1-3H3,(H-,29,32,34)/p+1. The van der Waals surface area contributed by atoms with Crippen LogP contribution in [0.5, 0.6) is 5.75 Å². The van der Waals surface area contributed by atoms with Crippen molar-refractivity contribution in [1.29, 1.82) is 0 Å². The van der Waals surface area contributed by atoms with Crippen molar-refractivity contribution >= 4 is 34.3 Å². The molecule has 0 atom stereocenters. The van der Waals surface area contributed by atoms with Crippen LogP contribution in [0, 0.1) is 19.7 Å². The predicted octanol–water partition coefficient (Wildman–Crippen LogP) is 5.85. The van der Waals surface area contributed by atoms with E-state index in [2.05, 4.69) is 5.32 Å². The number of aliphatic hydroxyl groups excluding tert-OH is 1. The van der Waals surface area contributed by atoms with Crippen molar-refractivity contribution in [2.24, 2.45) is 0 Å². The first-order valence-corrected chi connectivity index (χ1v) is 11.1. The van der Waals surface area contributed by atoms with Crippen LogP contribution in [0.4, 0.5) is 10.1 Å². The number of para-hydroxylation sites is 3. The van der Waals surface area contributed by atoms with Gasteiger partial charge in [-0.3, -0.25) is 0 Å². The summed E-state index contributed by atoms with van der Waals surface area (Å²) < 4.78 is 23.5. The predicted molar refractivity (Wildman–Crippen MR) is 137 cm³/mol. The Labute approximate surface area is 203 Å². The number of thiocarbonyl (C=S) groups is 1. The van der Waals surface area contributed by atoms with E-state index < -0.39 is 0 Å². The molecule has 0 bridgehead atoms. The third-order valence-electron chi connectivity index (χ3n) is 5.55. The molecule has 0 aliphatic rings. The number of nitrogens with zero attached hydrogens (tertiary/aromatic N) is 2. The molecule has 172 valence electrons. The van der Waals surface area contributed by atoms with Crippen molar-refractivity contribution in [3.8, 4) is 11.4 Å². The van der Waals surface area contributed by atoms with E-state index in [0.717, 1.165) is 5.69 Å². The van der Waals surface area contributed by atoms with Crippen molar-refractivity contribution in [3.05, 3.63) is 108 Å². The number of nitrogens with one attached hydrogen (secondary N) is 1. The fourth-order valence-corrected chi connectivity index (χ4v) is 4.27. The zero-order chi connectivity index (χ0) is 24.2. The lowest BCUT2D eigenvalue weighted by Crippen LogP contribution is -2.38. The average molecular weight is 475 g/mol. The minimum Gasteiger partial charge on any atom is -0.502 e. The fourth-order valence-electron chi connectivity index (χ4n) is 3.96. The van der Waals surface area contributed by atoms with Crippen LogP contribution in [0.1, 0.15) is 17.0 Å². The van der Waals surface area contributed by atoms with Crippen LogP contribution in [0.3, 0.4) is 0 Å². The highest BCUT2D eigenvalue weighted by Gasteiger charge is 2.27. The van der Waals surface area contributed by atoms with Crippen LogP contribution in [0.25, 0.3) is 17.1 Å². The summed E-state index contributed by atoms with van der Waals surface area (Å²) in [6, 6.07) is 21.4. The summed E-state index contributed by atoms with van der Waals surface area (Å²) in [4.78, 5) is 0.300. The molecular formula is C27H25FN3O2S+. The largest absolute Gasteiger partial charge is 0.502 e. The molecule has 4 aromatic rings. The van der Waals surface area contributed by atoms with Crippen molar-refractivity contribution in [2.75, 3.05) is 12.4 Å². The Bertz CT molecular complexity index is 1380. The molecule has 0 saturated carbocycles. The number of hydrogen-bond donors (Lipinski definition) is 2. The zero-order valence-electron chi connectivity index (χ0n) is 19.1. The summed E-state index contributed by atoms with van der Waals surface area (Å²) in [6.45, 7) is 3.71. The molecule has 0 unspecified atom stereocenters. The summed E-state index contributed by atoms with van der Waals surface area (Å²) in [5.41, 5.74) is 3.50. The average Bonchev–Trinajstić information content (AvgIpc) is 3.14. The molecule has 0 aliphatic heterocycles. The van der Waals surface area contributed by atoms with Gasteiger partial charge in [0.25, 0.3) is 5.70 Å². The van der Waals surface area contributed by atoms with Crippen LogP contribution in [-0.2, 0) is 0 Å². The lowest BCUT2D eigenvalue weighted by Gasteiger charge is -2.13. The van der Waals surface area contributed by atoms with Crippen LogP contribution in [0.15, 0.2) is 85.2 Å². The molecule has 0 amide bonds. The van der Waals surface area contributed by atoms with E-state index in [1.54, 1.807) is 46.8 Å². The minimum absolute atomic E-state index is 0.0284. The molecule has 0 saturated heterocycles. The first-order chi connectivity index (χ1) is 16.4. The van der Waals surface area contributed by atoms with Gasteiger partial charge in [-0.2, -0.15) is 4.57 Å². The maximum Gasteiger partial charge on any atom is 0.288 e. The molecule has 2 aromatic carbocycles. The number of benzene rings is 2. The van der Waals surface area contributed by atoms with E-state index >= 15 is 0 Å². The second-order valence-electron chi connectivity index (χ2n) is 7.71. The van der Waals surface area contributed by atoms with Gasteiger partial charge >= 0.3 is 0 Å². The van der Waals surface area contributed by atoms with Gasteiger partial charge in [-0.25, -0.2) is 4.39 Å². The SMILES string of the molecule is COc1ccccc1NC(=S)/C(=C(/O)c1cc(C)n(-c2ccccc2F)c1C)[n+]1ccccc1. The molecule has 7 heteroatoms. The van der Waals surface area contributed by atoms with Gasteiger partial charge < -0.3 is 19.7 Å². The number of aryl methyl sites for hydroxylation is 1. The Hall–Kier alpha value is -3.97. The van der Waals surface area contributed by atoms with Crippen LogP contribution < -0.4 is 14.6 Å². The van der Waals surface area contributed by atoms with Gasteiger partial charge in [0, 0.05) is 29.1 Å². The summed E-state index contributed by atoms with van der Waals surface area (Å²) in [5, 5.41) is 14.7. The van der Waals surface area contributed by atoms with Crippen LogP contribution in [0.2, 0.25) is 0 Å². The molecular weight excluding hydrogens is 449 g/mol. The van der Waals surface area contributed by atoms with Gasteiger partial charge in [0.05, 0.1) is 18.5 Å². The van der Waals surface area contributed by atoms with Crippen molar-refractivity contribution in [3.63, 3.8) is 0 Å². The summed E-state index contributed by atoms with van der Waals surface area (Å²) in [6.07, 6.45) is 3.61. The highest BCUT2D eigenvalue weighted by atomic mass is 32.1. The molecule has 0 aliphatic carbocycles. The lowest BCUT2D eigenvalue weighted by molar-refractivity contribution is -0.575. The fraction of sp³-hybridized carbons (Fsp3) is 0.111. The van der Waals surface area contributed by atoms with E-state index in [9.17, 15) is 9.50 Å². The van der Waals surface area contributed by atoms with Crippen LogP contribution >= 0.6 is 12.2 Å². The molecule has 2 heterocycles. The number of pyridine rings is 1. The molecule has 2 N–H and O–H groups in total. The number of hydrogen-bond acceptors (Lipinski definition) is 3. The van der Waals surface area contributed by atoms with Gasteiger partial charge in [0.1, 0.15) is 11.6 Å². The Morgan fingerprint density at radius 1 is 1.00 bits per heavy atom. The molecule has 2 aromatic heterocycles. The van der Waals surface area contributed by atoms with E-state index in [0.29, 0.717) is 39.1 Å². The maximum atomic E-state index is 14.6. The topological polar surface area (TPSA) is 50.3 Å². The second-order valence-corrected chi connectivity index (χ2v) is 8.11. The molecule has 0 radical (unpaired) electrons. The van der Waals surface area contributed by atoms with Crippen molar-refractivity contribution in [2.45, 2.75) is 13.8 Å². The van der Waals surface area contributed by atoms with Gasteiger partial charge in [-0.1, -0.05) is 42.5 Å². The molecule has 0 fully saturated rings. The number of aliphatic hydroxyl groups is 1. The van der Waals surface area contributed by atoms with E-state index in [1.165, 1.54) is 6.07 Å². The number of methoxy groups -OCH3 is 1. The summed E-state index contributed by atoms with van der Waals surface area (Å²) in [5.74, 6) is 0.254. The second kappa shape index (κ2) is 9.89. The quantitative estimate of drug-likeness (QED) is 0.159. The summed E-state index contributed by atoms with van der Waals surface area (Å²) >= 11 is 5.75. The van der Waals surface area contributed by atoms with E-state index in [-0.39, 0.29) is 11.6 Å². The Balaban J connectivity index is 1.86. The van der Waals surface area contributed by atoms with E-state index in [4.69, 9.17) is 17.0 Å². The first kappa shape index (κ1) is 23.2. The molecule has 5 nitrogen and oxygen atoms in total.